The number of hydrogen-bond donors (Lipinski definition) is 3. The summed E-state index contributed by atoms with van der Waals surface area (Å²) in [5, 5.41) is 15.1. The summed E-state index contributed by atoms with van der Waals surface area (Å²) in [5.74, 6) is -0.0376. The van der Waals surface area contributed by atoms with Gasteiger partial charge in [0.05, 0.1) is 6.54 Å². The van der Waals surface area contributed by atoms with Crippen molar-refractivity contribution in [3.63, 3.8) is 0 Å². The fourth-order valence-electron chi connectivity index (χ4n) is 2.30. The minimum absolute atomic E-state index is 0. The van der Waals surface area contributed by atoms with Crippen LogP contribution < -0.4 is 15.4 Å². The van der Waals surface area contributed by atoms with Gasteiger partial charge in [0.1, 0.15) is 17.5 Å². The Bertz CT molecular complexity index is 754. The number of rotatable bonds is 9. The highest BCUT2D eigenvalue weighted by molar-refractivity contribution is 6.30. The highest BCUT2D eigenvalue weighted by Gasteiger charge is 2.16. The summed E-state index contributed by atoms with van der Waals surface area (Å²) in [6.45, 7) is 1.82. The van der Waals surface area contributed by atoms with Crippen LogP contribution in [0.5, 0.6) is 11.5 Å². The van der Waals surface area contributed by atoms with Crippen LogP contribution in [0.1, 0.15) is 19.8 Å². The maximum atomic E-state index is 11.9. The van der Waals surface area contributed by atoms with E-state index in [0.717, 1.165) is 6.42 Å². The number of halogens is 2. The lowest BCUT2D eigenvalue weighted by molar-refractivity contribution is -0.139. The fraction of sp³-hybridized carbons (Fsp3) is 0.263. The first kappa shape index (κ1) is 22.8. The standard InChI is InChI=1S/C19H21ClN2O4.ClH/c1-2-4-17(19(24)25)21-12-18(23)22-14-7-9-15(10-8-14)26-16-6-3-5-13(20)11-16;/h3,5-11,17,21H,2,4,12H2,1H3,(H,22,23)(H,24,25);1H. The third kappa shape index (κ3) is 7.86. The van der Waals surface area contributed by atoms with Crippen molar-refractivity contribution < 1.29 is 19.4 Å². The van der Waals surface area contributed by atoms with Gasteiger partial charge in [-0.3, -0.25) is 14.9 Å². The highest BCUT2D eigenvalue weighted by atomic mass is 35.5. The lowest BCUT2D eigenvalue weighted by atomic mass is 10.2. The molecule has 2 aromatic carbocycles. The number of ether oxygens (including phenoxy) is 1. The van der Waals surface area contributed by atoms with Crippen molar-refractivity contribution in [1.82, 2.24) is 5.32 Å². The van der Waals surface area contributed by atoms with Crippen molar-refractivity contribution in [1.29, 1.82) is 0 Å². The molecule has 0 fully saturated rings. The third-order valence-corrected chi connectivity index (χ3v) is 3.79. The van der Waals surface area contributed by atoms with Gasteiger partial charge in [-0.15, -0.1) is 12.4 Å². The summed E-state index contributed by atoms with van der Waals surface area (Å²) in [4.78, 5) is 23.0. The monoisotopic (exact) mass is 412 g/mol. The molecule has 2 rings (SSSR count). The summed E-state index contributed by atoms with van der Waals surface area (Å²) in [6.07, 6.45) is 1.19. The number of carbonyl (C=O) groups excluding carboxylic acids is 1. The number of amides is 1. The van der Waals surface area contributed by atoms with Gasteiger partial charge in [0, 0.05) is 10.7 Å². The van der Waals surface area contributed by atoms with Gasteiger partial charge in [-0.1, -0.05) is 31.0 Å². The average Bonchev–Trinajstić information content (AvgIpc) is 2.60. The van der Waals surface area contributed by atoms with E-state index in [1.807, 2.05) is 6.92 Å². The van der Waals surface area contributed by atoms with Gasteiger partial charge in [-0.2, -0.15) is 0 Å². The molecule has 1 unspecified atom stereocenters. The van der Waals surface area contributed by atoms with Crippen LogP contribution in [-0.4, -0.2) is 29.6 Å². The SMILES string of the molecule is CCCC(NCC(=O)Nc1ccc(Oc2cccc(Cl)c2)cc1)C(=O)O.Cl. The molecule has 1 amide bonds. The van der Waals surface area contributed by atoms with E-state index in [2.05, 4.69) is 10.6 Å². The lowest BCUT2D eigenvalue weighted by Gasteiger charge is -2.13. The molecule has 2 aromatic rings. The number of benzene rings is 2. The molecule has 0 radical (unpaired) electrons. The number of carbonyl (C=O) groups is 2. The second-order valence-corrected chi connectivity index (χ2v) is 6.13. The van der Waals surface area contributed by atoms with E-state index in [0.29, 0.717) is 28.6 Å². The van der Waals surface area contributed by atoms with Gasteiger partial charge in [-0.25, -0.2) is 0 Å². The van der Waals surface area contributed by atoms with Gasteiger partial charge >= 0.3 is 5.97 Å². The predicted octanol–water partition coefficient (Wildman–Crippen LogP) is 4.34. The molecule has 0 heterocycles. The Hall–Kier alpha value is -2.28. The normalized spacial score (nSPS) is 11.2. The van der Waals surface area contributed by atoms with Crippen molar-refractivity contribution in [2.24, 2.45) is 0 Å². The number of hydrogen-bond acceptors (Lipinski definition) is 4. The van der Waals surface area contributed by atoms with Crippen molar-refractivity contribution >= 4 is 41.6 Å². The first-order valence-electron chi connectivity index (χ1n) is 8.27. The van der Waals surface area contributed by atoms with Crippen LogP contribution in [0.15, 0.2) is 48.5 Å². The van der Waals surface area contributed by atoms with Crippen LogP contribution in [0.2, 0.25) is 5.02 Å². The van der Waals surface area contributed by atoms with Crippen molar-refractivity contribution in [3.05, 3.63) is 53.6 Å². The minimum Gasteiger partial charge on any atom is -0.480 e. The van der Waals surface area contributed by atoms with Crippen LogP contribution in [0.25, 0.3) is 0 Å². The van der Waals surface area contributed by atoms with E-state index in [1.54, 1.807) is 48.5 Å². The second kappa shape index (κ2) is 11.4. The first-order valence-corrected chi connectivity index (χ1v) is 8.65. The van der Waals surface area contributed by atoms with Gasteiger partial charge in [0.15, 0.2) is 0 Å². The van der Waals surface area contributed by atoms with E-state index < -0.39 is 12.0 Å². The van der Waals surface area contributed by atoms with E-state index >= 15 is 0 Å². The quantitative estimate of drug-likeness (QED) is 0.570. The Kier molecular flexibility index (Phi) is 9.64. The molecule has 0 aliphatic carbocycles. The molecule has 3 N–H and O–H groups in total. The molecule has 146 valence electrons. The zero-order chi connectivity index (χ0) is 18.9. The zero-order valence-electron chi connectivity index (χ0n) is 14.8. The molecule has 0 aliphatic rings. The average molecular weight is 413 g/mol. The molecular formula is C19H22Cl2N2O4. The molecule has 1 atom stereocenters. The number of carboxylic acid groups (broad SMARTS) is 1. The van der Waals surface area contributed by atoms with Crippen LogP contribution >= 0.6 is 24.0 Å². The highest BCUT2D eigenvalue weighted by Crippen LogP contribution is 2.25. The zero-order valence-corrected chi connectivity index (χ0v) is 16.3. The maximum absolute atomic E-state index is 11.9. The first-order chi connectivity index (χ1) is 12.5. The Labute approximate surface area is 169 Å². The van der Waals surface area contributed by atoms with Crippen LogP contribution in [-0.2, 0) is 9.59 Å². The largest absolute Gasteiger partial charge is 0.480 e. The van der Waals surface area contributed by atoms with Gasteiger partial charge in [0.25, 0.3) is 0 Å². The Morgan fingerprint density at radius 1 is 1.15 bits per heavy atom. The molecule has 0 bridgehead atoms. The Morgan fingerprint density at radius 2 is 1.85 bits per heavy atom. The lowest BCUT2D eigenvalue weighted by Crippen LogP contribution is -2.41. The number of carboxylic acids is 1. The smallest absolute Gasteiger partial charge is 0.320 e. The fourth-order valence-corrected chi connectivity index (χ4v) is 2.48. The molecular weight excluding hydrogens is 391 g/mol. The van der Waals surface area contributed by atoms with E-state index in [1.165, 1.54) is 0 Å². The molecule has 8 heteroatoms. The van der Waals surface area contributed by atoms with Gasteiger partial charge < -0.3 is 15.2 Å². The Morgan fingerprint density at radius 3 is 2.44 bits per heavy atom. The molecule has 0 saturated carbocycles. The summed E-state index contributed by atoms with van der Waals surface area (Å²) in [5.41, 5.74) is 0.595. The summed E-state index contributed by atoms with van der Waals surface area (Å²) in [6, 6.07) is 13.2. The van der Waals surface area contributed by atoms with E-state index in [9.17, 15) is 9.59 Å². The van der Waals surface area contributed by atoms with E-state index in [-0.39, 0.29) is 24.9 Å². The van der Waals surface area contributed by atoms with E-state index in [4.69, 9.17) is 21.4 Å². The summed E-state index contributed by atoms with van der Waals surface area (Å²) in [7, 11) is 0. The molecule has 6 nitrogen and oxygen atoms in total. The second-order valence-electron chi connectivity index (χ2n) is 5.69. The third-order valence-electron chi connectivity index (χ3n) is 3.55. The maximum Gasteiger partial charge on any atom is 0.320 e. The van der Waals surface area contributed by atoms with Crippen molar-refractivity contribution in [2.75, 3.05) is 11.9 Å². The van der Waals surface area contributed by atoms with Gasteiger partial charge in [0.2, 0.25) is 5.91 Å². The van der Waals surface area contributed by atoms with Crippen LogP contribution in [0.4, 0.5) is 5.69 Å². The topological polar surface area (TPSA) is 87.7 Å². The predicted molar refractivity (Wildman–Crippen MR) is 108 cm³/mol. The van der Waals surface area contributed by atoms with Crippen LogP contribution in [0, 0.1) is 0 Å². The van der Waals surface area contributed by atoms with Gasteiger partial charge in [-0.05, 0) is 48.9 Å². The van der Waals surface area contributed by atoms with Crippen LogP contribution in [0.3, 0.4) is 0 Å². The molecule has 27 heavy (non-hydrogen) atoms. The summed E-state index contributed by atoms with van der Waals surface area (Å²) < 4.78 is 5.68. The Balaban J connectivity index is 0.00000364. The number of nitrogens with one attached hydrogen (secondary N) is 2. The van der Waals surface area contributed by atoms with Crippen molar-refractivity contribution in [2.45, 2.75) is 25.8 Å². The molecule has 0 aliphatic heterocycles. The molecule has 0 aromatic heterocycles. The number of anilines is 1. The molecule has 0 saturated heterocycles. The summed E-state index contributed by atoms with van der Waals surface area (Å²) >= 11 is 5.91. The molecule has 0 spiro atoms. The minimum atomic E-state index is -0.956. The van der Waals surface area contributed by atoms with Crippen molar-refractivity contribution in [3.8, 4) is 11.5 Å². The number of aliphatic carboxylic acids is 1.